The monoisotopic (exact) mass is 159 g/mol. The van der Waals surface area contributed by atoms with Crippen LogP contribution in [-0.4, -0.2) is 18.3 Å². The zero-order chi connectivity index (χ0) is 7.78. The molecule has 0 fully saturated rings. The molecule has 0 aromatic carbocycles. The predicted molar refractivity (Wildman–Crippen MR) is 40.3 cm³/mol. The Hall–Kier alpha value is -0.560. The van der Waals surface area contributed by atoms with E-state index in [4.69, 9.17) is 4.42 Å². The molecule has 0 aliphatic rings. The molecule has 0 saturated heterocycles. The summed E-state index contributed by atoms with van der Waals surface area (Å²) in [5.41, 5.74) is 1.26. The maximum Gasteiger partial charge on any atom is 0.185 e. The maximum atomic E-state index is 11.4. The Morgan fingerprint density at radius 3 is 2.40 bits per heavy atom. The van der Waals surface area contributed by atoms with Gasteiger partial charge in [-0.1, -0.05) is 0 Å². The van der Waals surface area contributed by atoms with Gasteiger partial charge in [0.1, 0.15) is 7.14 Å². The number of rotatable bonds is 1. The second-order valence-corrected chi connectivity index (χ2v) is 5.70. The quantitative estimate of drug-likeness (QED) is 0.579. The highest BCUT2D eigenvalue weighted by Crippen LogP contribution is 2.35. The molecule has 56 valence electrons. The van der Waals surface area contributed by atoms with E-state index in [0.29, 0.717) is 5.50 Å². The maximum absolute atomic E-state index is 11.4. The fourth-order valence-corrected chi connectivity index (χ4v) is 1.95. The number of nitrogens with zero attached hydrogens (tertiary/aromatic N) is 1. The number of aromatic nitrogens is 1. The van der Waals surface area contributed by atoms with Crippen LogP contribution in [0.25, 0.3) is 0 Å². The van der Waals surface area contributed by atoms with Crippen molar-refractivity contribution in [3.05, 3.63) is 12.1 Å². The first-order valence-corrected chi connectivity index (χ1v) is 5.57. The normalized spacial score (nSPS) is 11.9. The fourth-order valence-electron chi connectivity index (χ4n) is 0.812. The molecular weight excluding hydrogens is 149 g/mol. The van der Waals surface area contributed by atoms with Crippen molar-refractivity contribution >= 4 is 12.6 Å². The van der Waals surface area contributed by atoms with Crippen LogP contribution in [0.15, 0.2) is 10.8 Å². The molecule has 0 aliphatic carbocycles. The van der Waals surface area contributed by atoms with Gasteiger partial charge in [-0.2, -0.15) is 0 Å². The molecule has 0 saturated carbocycles. The molecule has 1 heterocycles. The highest BCUT2D eigenvalue weighted by molar-refractivity contribution is 7.69. The van der Waals surface area contributed by atoms with Gasteiger partial charge in [-0.25, -0.2) is 4.98 Å². The van der Waals surface area contributed by atoms with Crippen molar-refractivity contribution in [2.45, 2.75) is 6.92 Å². The first kappa shape index (κ1) is 7.55. The first-order chi connectivity index (χ1) is 4.52. The molecule has 0 N–H and O–H groups in total. The molecule has 4 heteroatoms. The molecule has 1 rings (SSSR count). The zero-order valence-electron chi connectivity index (χ0n) is 6.29. The van der Waals surface area contributed by atoms with Crippen LogP contribution in [-0.2, 0) is 4.57 Å². The highest BCUT2D eigenvalue weighted by atomic mass is 31.2. The van der Waals surface area contributed by atoms with Gasteiger partial charge < -0.3 is 8.98 Å². The third kappa shape index (κ3) is 1.29. The fraction of sp³-hybridized carbons (Fsp3) is 0.500. The molecule has 0 aliphatic heterocycles. The summed E-state index contributed by atoms with van der Waals surface area (Å²) in [7, 11) is -2.24. The first-order valence-electron chi connectivity index (χ1n) is 2.97. The Balaban J connectivity index is 3.18. The van der Waals surface area contributed by atoms with Crippen molar-refractivity contribution in [1.29, 1.82) is 0 Å². The van der Waals surface area contributed by atoms with Crippen LogP contribution in [0.2, 0.25) is 0 Å². The summed E-state index contributed by atoms with van der Waals surface area (Å²) < 4.78 is 16.3. The predicted octanol–water partition coefficient (Wildman–Crippen LogP) is 1.23. The molecule has 1 aromatic heterocycles. The average molecular weight is 159 g/mol. The molecule has 0 spiro atoms. The minimum Gasteiger partial charge on any atom is -0.440 e. The largest absolute Gasteiger partial charge is 0.440 e. The minimum absolute atomic E-state index is 0.535. The second kappa shape index (κ2) is 2.24. The lowest BCUT2D eigenvalue weighted by Crippen LogP contribution is -2.02. The van der Waals surface area contributed by atoms with Gasteiger partial charge in [0, 0.05) is 0 Å². The van der Waals surface area contributed by atoms with Crippen molar-refractivity contribution in [1.82, 2.24) is 4.98 Å². The van der Waals surface area contributed by atoms with Crippen molar-refractivity contribution in [2.75, 3.05) is 13.3 Å². The molecular formula is C6H10NO2P. The van der Waals surface area contributed by atoms with Gasteiger partial charge >= 0.3 is 0 Å². The van der Waals surface area contributed by atoms with Gasteiger partial charge in [0.2, 0.25) is 0 Å². The number of hydrogen-bond acceptors (Lipinski definition) is 3. The summed E-state index contributed by atoms with van der Waals surface area (Å²) in [6, 6.07) is 0. The van der Waals surface area contributed by atoms with E-state index in [1.165, 1.54) is 6.39 Å². The molecule has 0 atom stereocenters. The Kier molecular flexibility index (Phi) is 1.69. The number of aryl methyl sites for hydroxylation is 1. The van der Waals surface area contributed by atoms with Crippen LogP contribution in [0.4, 0.5) is 0 Å². The van der Waals surface area contributed by atoms with Crippen LogP contribution in [0.1, 0.15) is 5.69 Å². The summed E-state index contributed by atoms with van der Waals surface area (Å²) in [4.78, 5) is 3.84. The molecule has 10 heavy (non-hydrogen) atoms. The lowest BCUT2D eigenvalue weighted by Gasteiger charge is -2.00. The summed E-state index contributed by atoms with van der Waals surface area (Å²) in [6.45, 7) is 5.12. The standard InChI is InChI=1S/C6H10NO2P/c1-5-6(9-4-7-5)10(2,3)8/h4H,1-3H3. The summed E-state index contributed by atoms with van der Waals surface area (Å²) in [5.74, 6) is 0. The Morgan fingerprint density at radius 2 is 2.20 bits per heavy atom. The molecule has 0 unspecified atom stereocenters. The molecule has 3 nitrogen and oxygen atoms in total. The number of hydrogen-bond donors (Lipinski definition) is 0. The van der Waals surface area contributed by atoms with Crippen LogP contribution < -0.4 is 5.50 Å². The molecule has 1 aromatic rings. The van der Waals surface area contributed by atoms with Crippen LogP contribution in [0.5, 0.6) is 0 Å². The number of oxazole rings is 1. The average Bonchev–Trinajstić information content (AvgIpc) is 2.11. The van der Waals surface area contributed by atoms with Gasteiger partial charge in [0.05, 0.1) is 5.69 Å². The van der Waals surface area contributed by atoms with Gasteiger partial charge in [0.15, 0.2) is 11.9 Å². The van der Waals surface area contributed by atoms with Crippen molar-refractivity contribution in [3.8, 4) is 0 Å². The van der Waals surface area contributed by atoms with Crippen LogP contribution >= 0.6 is 7.14 Å². The SMILES string of the molecule is Cc1ncoc1P(C)(C)=O. The zero-order valence-corrected chi connectivity index (χ0v) is 7.18. The third-order valence-electron chi connectivity index (χ3n) is 1.21. The summed E-state index contributed by atoms with van der Waals surface area (Å²) in [6.07, 6.45) is 1.32. The minimum atomic E-state index is -2.24. The highest BCUT2D eigenvalue weighted by Gasteiger charge is 2.17. The topological polar surface area (TPSA) is 43.1 Å². The Bertz CT molecular complexity index is 273. The van der Waals surface area contributed by atoms with Gasteiger partial charge in [-0.05, 0) is 20.3 Å². The van der Waals surface area contributed by atoms with Crippen LogP contribution in [0.3, 0.4) is 0 Å². The van der Waals surface area contributed by atoms with Crippen molar-refractivity contribution in [2.24, 2.45) is 0 Å². The second-order valence-electron chi connectivity index (χ2n) is 2.59. The van der Waals surface area contributed by atoms with Crippen molar-refractivity contribution in [3.63, 3.8) is 0 Å². The van der Waals surface area contributed by atoms with E-state index in [9.17, 15) is 4.57 Å². The lowest BCUT2D eigenvalue weighted by molar-refractivity contribution is 0.559. The van der Waals surface area contributed by atoms with Gasteiger partial charge in [-0.3, -0.25) is 0 Å². The van der Waals surface area contributed by atoms with Crippen LogP contribution in [0, 0.1) is 6.92 Å². The summed E-state index contributed by atoms with van der Waals surface area (Å²) in [5, 5.41) is 0. The Morgan fingerprint density at radius 1 is 1.60 bits per heavy atom. The summed E-state index contributed by atoms with van der Waals surface area (Å²) >= 11 is 0. The Labute approximate surface area is 59.8 Å². The lowest BCUT2D eigenvalue weighted by atomic mass is 10.6. The van der Waals surface area contributed by atoms with E-state index in [0.717, 1.165) is 5.69 Å². The van der Waals surface area contributed by atoms with E-state index in [-0.39, 0.29) is 0 Å². The third-order valence-corrected chi connectivity index (χ3v) is 2.62. The molecule has 0 radical (unpaired) electrons. The van der Waals surface area contributed by atoms with E-state index in [1.807, 2.05) is 0 Å². The van der Waals surface area contributed by atoms with E-state index >= 15 is 0 Å². The van der Waals surface area contributed by atoms with E-state index < -0.39 is 7.14 Å². The molecule has 0 bridgehead atoms. The van der Waals surface area contributed by atoms with Gasteiger partial charge in [0.25, 0.3) is 0 Å². The smallest absolute Gasteiger partial charge is 0.185 e. The van der Waals surface area contributed by atoms with Gasteiger partial charge in [-0.15, -0.1) is 0 Å². The van der Waals surface area contributed by atoms with E-state index in [2.05, 4.69) is 4.98 Å². The van der Waals surface area contributed by atoms with Crippen molar-refractivity contribution < 1.29 is 8.98 Å². The molecule has 0 amide bonds. The van der Waals surface area contributed by atoms with E-state index in [1.54, 1.807) is 20.3 Å².